The van der Waals surface area contributed by atoms with E-state index >= 15 is 0 Å². The molecule has 1 heterocycles. The van der Waals surface area contributed by atoms with E-state index in [1.165, 1.54) is 31.4 Å². The number of nitrogens with one attached hydrogen (secondary N) is 2. The van der Waals surface area contributed by atoms with Crippen molar-refractivity contribution in [3.63, 3.8) is 0 Å². The second-order valence-electron chi connectivity index (χ2n) is 5.83. The fourth-order valence-electron chi connectivity index (χ4n) is 3.21. The summed E-state index contributed by atoms with van der Waals surface area (Å²) in [5.41, 5.74) is 0.238. The molecular formula is C15H18ClFN2O. The van der Waals surface area contributed by atoms with Crippen LogP contribution in [0.15, 0.2) is 18.2 Å². The molecule has 108 valence electrons. The van der Waals surface area contributed by atoms with Crippen LogP contribution in [0, 0.1) is 5.82 Å². The number of benzene rings is 1. The monoisotopic (exact) mass is 296 g/mol. The fraction of sp³-hybridized carbons (Fsp3) is 0.533. The topological polar surface area (TPSA) is 41.1 Å². The van der Waals surface area contributed by atoms with E-state index in [2.05, 4.69) is 10.6 Å². The Hall–Kier alpha value is -1.13. The largest absolute Gasteiger partial charge is 0.349 e. The molecule has 1 saturated carbocycles. The molecule has 3 rings (SSSR count). The summed E-state index contributed by atoms with van der Waals surface area (Å²) in [5, 5.41) is 6.48. The van der Waals surface area contributed by atoms with Gasteiger partial charge in [0.1, 0.15) is 0 Å². The van der Waals surface area contributed by atoms with Gasteiger partial charge in [-0.15, -0.1) is 0 Å². The molecule has 1 aromatic rings. The maximum absolute atomic E-state index is 13.8. The molecule has 1 aliphatic carbocycles. The lowest BCUT2D eigenvalue weighted by Crippen LogP contribution is -2.59. The van der Waals surface area contributed by atoms with Gasteiger partial charge in [0.2, 0.25) is 0 Å². The molecule has 1 amide bonds. The highest BCUT2D eigenvalue weighted by Gasteiger charge is 2.41. The molecule has 3 nitrogen and oxygen atoms in total. The van der Waals surface area contributed by atoms with Crippen molar-refractivity contribution in [2.24, 2.45) is 0 Å². The van der Waals surface area contributed by atoms with Crippen molar-refractivity contribution in [3.05, 3.63) is 34.6 Å². The Kier molecular flexibility index (Phi) is 3.69. The zero-order valence-electron chi connectivity index (χ0n) is 11.2. The quantitative estimate of drug-likeness (QED) is 0.881. The van der Waals surface area contributed by atoms with Gasteiger partial charge in [0.15, 0.2) is 5.82 Å². The Morgan fingerprint density at radius 1 is 1.45 bits per heavy atom. The highest BCUT2D eigenvalue weighted by molar-refractivity contribution is 6.31. The summed E-state index contributed by atoms with van der Waals surface area (Å²) >= 11 is 5.71. The van der Waals surface area contributed by atoms with E-state index in [9.17, 15) is 9.18 Å². The third-order valence-electron chi connectivity index (χ3n) is 4.47. The lowest BCUT2D eigenvalue weighted by Gasteiger charge is -2.48. The Bertz CT molecular complexity index is 531. The van der Waals surface area contributed by atoms with Gasteiger partial charge < -0.3 is 10.6 Å². The minimum atomic E-state index is -0.640. The van der Waals surface area contributed by atoms with E-state index < -0.39 is 5.82 Å². The van der Waals surface area contributed by atoms with Crippen LogP contribution in [0.2, 0.25) is 5.02 Å². The summed E-state index contributed by atoms with van der Waals surface area (Å²) in [4.78, 5) is 12.2. The minimum absolute atomic E-state index is 0.0153. The van der Waals surface area contributed by atoms with Gasteiger partial charge in [-0.1, -0.05) is 17.7 Å². The first-order chi connectivity index (χ1) is 9.60. The molecule has 0 bridgehead atoms. The number of rotatable bonds is 2. The summed E-state index contributed by atoms with van der Waals surface area (Å²) in [6.45, 7) is 0.906. The first-order valence-electron chi connectivity index (χ1n) is 7.10. The van der Waals surface area contributed by atoms with Crippen molar-refractivity contribution < 1.29 is 9.18 Å². The SMILES string of the molecule is O=C(NC1CCNC2(CCC2)C1)c1cccc(Cl)c1F. The molecule has 0 aromatic heterocycles. The van der Waals surface area contributed by atoms with Crippen LogP contribution in [-0.4, -0.2) is 24.0 Å². The molecular weight excluding hydrogens is 279 g/mol. The molecule has 2 fully saturated rings. The molecule has 1 aromatic carbocycles. The van der Waals surface area contributed by atoms with Crippen LogP contribution in [0.1, 0.15) is 42.5 Å². The molecule has 0 radical (unpaired) electrons. The second-order valence-corrected chi connectivity index (χ2v) is 6.23. The maximum Gasteiger partial charge on any atom is 0.254 e. The van der Waals surface area contributed by atoms with Crippen LogP contribution in [0.3, 0.4) is 0 Å². The lowest BCUT2D eigenvalue weighted by molar-refractivity contribution is 0.0849. The maximum atomic E-state index is 13.8. The first kappa shape index (κ1) is 13.8. The summed E-state index contributed by atoms with van der Waals surface area (Å²) in [7, 11) is 0. The van der Waals surface area contributed by atoms with E-state index in [1.807, 2.05) is 0 Å². The molecule has 2 N–H and O–H groups in total. The van der Waals surface area contributed by atoms with E-state index in [-0.39, 0.29) is 28.1 Å². The zero-order valence-corrected chi connectivity index (χ0v) is 12.0. The highest BCUT2D eigenvalue weighted by atomic mass is 35.5. The third-order valence-corrected chi connectivity index (χ3v) is 4.76. The predicted octanol–water partition coefficient (Wildman–Crippen LogP) is 2.88. The van der Waals surface area contributed by atoms with Crippen molar-refractivity contribution in [2.75, 3.05) is 6.54 Å². The third kappa shape index (κ3) is 2.54. The molecule has 1 aliphatic heterocycles. The Balaban J connectivity index is 1.68. The van der Waals surface area contributed by atoms with Gasteiger partial charge >= 0.3 is 0 Å². The van der Waals surface area contributed by atoms with Gasteiger partial charge in [-0.3, -0.25) is 4.79 Å². The van der Waals surface area contributed by atoms with Gasteiger partial charge in [0.05, 0.1) is 10.6 Å². The predicted molar refractivity (Wildman–Crippen MR) is 76.5 cm³/mol. The van der Waals surface area contributed by atoms with Crippen molar-refractivity contribution in [2.45, 2.75) is 43.7 Å². The van der Waals surface area contributed by atoms with Crippen LogP contribution >= 0.6 is 11.6 Å². The Morgan fingerprint density at radius 2 is 2.25 bits per heavy atom. The molecule has 1 spiro atoms. The summed E-state index contributed by atoms with van der Waals surface area (Å²) in [6.07, 6.45) is 5.41. The van der Waals surface area contributed by atoms with Crippen LogP contribution in [-0.2, 0) is 0 Å². The number of carbonyl (C=O) groups is 1. The van der Waals surface area contributed by atoms with Crippen LogP contribution < -0.4 is 10.6 Å². The van der Waals surface area contributed by atoms with E-state index in [0.29, 0.717) is 0 Å². The summed E-state index contributed by atoms with van der Waals surface area (Å²) < 4.78 is 13.8. The number of piperidine rings is 1. The normalized spacial score (nSPS) is 24.2. The second kappa shape index (κ2) is 5.34. The average molecular weight is 297 g/mol. The molecule has 2 aliphatic rings. The number of halogens is 2. The van der Waals surface area contributed by atoms with Crippen molar-refractivity contribution in [1.82, 2.24) is 10.6 Å². The van der Waals surface area contributed by atoms with Crippen LogP contribution in [0.4, 0.5) is 4.39 Å². The van der Waals surface area contributed by atoms with Gasteiger partial charge in [-0.05, 0) is 50.8 Å². The first-order valence-corrected chi connectivity index (χ1v) is 7.47. The van der Waals surface area contributed by atoms with Crippen molar-refractivity contribution in [1.29, 1.82) is 0 Å². The molecule has 1 unspecified atom stereocenters. The zero-order chi connectivity index (χ0) is 14.2. The number of carbonyl (C=O) groups excluding carboxylic acids is 1. The fourth-order valence-corrected chi connectivity index (χ4v) is 3.38. The van der Waals surface area contributed by atoms with Crippen molar-refractivity contribution >= 4 is 17.5 Å². The van der Waals surface area contributed by atoms with Gasteiger partial charge in [-0.25, -0.2) is 4.39 Å². The van der Waals surface area contributed by atoms with Crippen LogP contribution in [0.5, 0.6) is 0 Å². The number of hydrogen-bond acceptors (Lipinski definition) is 2. The van der Waals surface area contributed by atoms with Crippen LogP contribution in [0.25, 0.3) is 0 Å². The molecule has 5 heteroatoms. The lowest BCUT2D eigenvalue weighted by atomic mass is 9.70. The molecule has 1 saturated heterocycles. The number of hydrogen-bond donors (Lipinski definition) is 2. The number of amides is 1. The van der Waals surface area contributed by atoms with Gasteiger partial charge in [0.25, 0.3) is 5.91 Å². The minimum Gasteiger partial charge on any atom is -0.349 e. The smallest absolute Gasteiger partial charge is 0.254 e. The van der Waals surface area contributed by atoms with Gasteiger partial charge in [-0.2, -0.15) is 0 Å². The average Bonchev–Trinajstić information content (AvgIpc) is 2.40. The van der Waals surface area contributed by atoms with Crippen molar-refractivity contribution in [3.8, 4) is 0 Å². The molecule has 20 heavy (non-hydrogen) atoms. The Morgan fingerprint density at radius 3 is 2.95 bits per heavy atom. The van der Waals surface area contributed by atoms with E-state index in [0.717, 1.165) is 19.4 Å². The van der Waals surface area contributed by atoms with E-state index in [1.54, 1.807) is 6.07 Å². The summed E-state index contributed by atoms with van der Waals surface area (Å²) in [5.74, 6) is -1.01. The molecule has 1 atom stereocenters. The Labute approximate surface area is 122 Å². The van der Waals surface area contributed by atoms with E-state index in [4.69, 9.17) is 11.6 Å². The summed E-state index contributed by atoms with van der Waals surface area (Å²) in [6, 6.07) is 4.62. The van der Waals surface area contributed by atoms with Gasteiger partial charge in [0, 0.05) is 11.6 Å². The standard InChI is InChI=1S/C15H18ClFN2O/c16-12-4-1-3-11(13(12)17)14(20)19-10-5-8-18-15(9-10)6-2-7-15/h1,3-4,10,18H,2,5-9H2,(H,19,20). The highest BCUT2D eigenvalue weighted by Crippen LogP contribution is 2.38.